The van der Waals surface area contributed by atoms with Crippen LogP contribution in [0.5, 0.6) is 0 Å². The zero-order valence-corrected chi connectivity index (χ0v) is 7.88. The van der Waals surface area contributed by atoms with E-state index >= 15 is 0 Å². The van der Waals surface area contributed by atoms with Crippen LogP contribution in [0.25, 0.3) is 0 Å². The van der Waals surface area contributed by atoms with Crippen molar-refractivity contribution in [2.75, 3.05) is 5.32 Å². The lowest BCUT2D eigenvalue weighted by molar-refractivity contribution is 0.768. The minimum atomic E-state index is 0.737. The first-order chi connectivity index (χ1) is 6.90. The summed E-state index contributed by atoms with van der Waals surface area (Å²) in [6.45, 7) is 2.88. The van der Waals surface area contributed by atoms with Crippen molar-refractivity contribution in [3.63, 3.8) is 0 Å². The van der Waals surface area contributed by atoms with Crippen molar-refractivity contribution in [1.29, 1.82) is 0 Å². The topological polar surface area (TPSA) is 55.6 Å². The molecule has 2 heterocycles. The SMILES string of the molecule is CCn1cnnc1Nc1cccnc1. The summed E-state index contributed by atoms with van der Waals surface area (Å²) in [6.07, 6.45) is 5.17. The molecule has 5 heteroatoms. The average molecular weight is 189 g/mol. The molecule has 0 spiro atoms. The number of anilines is 2. The molecule has 0 aliphatic rings. The van der Waals surface area contributed by atoms with Crippen molar-refractivity contribution in [2.24, 2.45) is 0 Å². The molecule has 0 fully saturated rings. The Bertz CT molecular complexity index is 395. The number of nitrogens with one attached hydrogen (secondary N) is 1. The first kappa shape index (κ1) is 8.68. The molecule has 14 heavy (non-hydrogen) atoms. The minimum absolute atomic E-state index is 0.737. The van der Waals surface area contributed by atoms with E-state index in [1.165, 1.54) is 0 Å². The highest BCUT2D eigenvalue weighted by Gasteiger charge is 2.01. The van der Waals surface area contributed by atoms with Crippen LogP contribution in [0.1, 0.15) is 6.92 Å². The summed E-state index contributed by atoms with van der Waals surface area (Å²) in [6, 6.07) is 3.80. The molecular weight excluding hydrogens is 178 g/mol. The Morgan fingerprint density at radius 2 is 2.43 bits per heavy atom. The Kier molecular flexibility index (Phi) is 2.40. The van der Waals surface area contributed by atoms with Crippen LogP contribution in [0.3, 0.4) is 0 Å². The second-order valence-corrected chi connectivity index (χ2v) is 2.81. The normalized spacial score (nSPS) is 10.1. The van der Waals surface area contributed by atoms with E-state index in [1.54, 1.807) is 18.7 Å². The van der Waals surface area contributed by atoms with Gasteiger partial charge in [-0.2, -0.15) is 0 Å². The van der Waals surface area contributed by atoms with Crippen LogP contribution in [-0.4, -0.2) is 19.7 Å². The molecule has 0 saturated carbocycles. The number of rotatable bonds is 3. The summed E-state index contributed by atoms with van der Waals surface area (Å²) in [5.41, 5.74) is 0.912. The maximum atomic E-state index is 4.00. The molecule has 0 aliphatic carbocycles. The molecule has 2 aromatic heterocycles. The smallest absolute Gasteiger partial charge is 0.228 e. The van der Waals surface area contributed by atoms with Gasteiger partial charge in [0.2, 0.25) is 5.95 Å². The van der Waals surface area contributed by atoms with Gasteiger partial charge in [0, 0.05) is 12.7 Å². The van der Waals surface area contributed by atoms with Crippen molar-refractivity contribution in [3.8, 4) is 0 Å². The van der Waals surface area contributed by atoms with Gasteiger partial charge in [-0.1, -0.05) is 0 Å². The van der Waals surface area contributed by atoms with E-state index in [0.29, 0.717) is 0 Å². The third kappa shape index (κ3) is 1.71. The molecule has 72 valence electrons. The average Bonchev–Trinajstić information content (AvgIpc) is 2.67. The molecule has 0 aromatic carbocycles. The van der Waals surface area contributed by atoms with E-state index in [2.05, 4.69) is 20.5 Å². The monoisotopic (exact) mass is 189 g/mol. The third-order valence-electron chi connectivity index (χ3n) is 1.87. The van der Waals surface area contributed by atoms with E-state index < -0.39 is 0 Å². The summed E-state index contributed by atoms with van der Waals surface area (Å²) in [5, 5.41) is 10.9. The summed E-state index contributed by atoms with van der Waals surface area (Å²) in [5.74, 6) is 0.737. The summed E-state index contributed by atoms with van der Waals surface area (Å²) in [7, 11) is 0. The van der Waals surface area contributed by atoms with Crippen LogP contribution >= 0.6 is 0 Å². The van der Waals surface area contributed by atoms with Crippen molar-refractivity contribution < 1.29 is 0 Å². The Labute approximate surface area is 81.8 Å². The molecule has 0 bridgehead atoms. The van der Waals surface area contributed by atoms with E-state index in [0.717, 1.165) is 18.2 Å². The lowest BCUT2D eigenvalue weighted by Gasteiger charge is -2.05. The van der Waals surface area contributed by atoms with E-state index in [4.69, 9.17) is 0 Å². The second-order valence-electron chi connectivity index (χ2n) is 2.81. The first-order valence-corrected chi connectivity index (χ1v) is 4.45. The van der Waals surface area contributed by atoms with Gasteiger partial charge in [0.25, 0.3) is 0 Å². The van der Waals surface area contributed by atoms with Gasteiger partial charge < -0.3 is 9.88 Å². The van der Waals surface area contributed by atoms with Crippen molar-refractivity contribution in [3.05, 3.63) is 30.9 Å². The highest BCUT2D eigenvalue weighted by molar-refractivity contribution is 5.50. The van der Waals surface area contributed by atoms with Gasteiger partial charge in [-0.25, -0.2) is 0 Å². The van der Waals surface area contributed by atoms with Crippen LogP contribution < -0.4 is 5.32 Å². The van der Waals surface area contributed by atoms with E-state index in [-0.39, 0.29) is 0 Å². The predicted molar refractivity (Wildman–Crippen MR) is 53.2 cm³/mol. The van der Waals surface area contributed by atoms with E-state index in [9.17, 15) is 0 Å². The number of nitrogens with zero attached hydrogens (tertiary/aromatic N) is 4. The molecule has 0 radical (unpaired) electrons. The molecule has 0 saturated heterocycles. The molecule has 1 N–H and O–H groups in total. The Morgan fingerprint density at radius 1 is 1.50 bits per heavy atom. The highest BCUT2D eigenvalue weighted by atomic mass is 15.3. The fraction of sp³-hybridized carbons (Fsp3) is 0.222. The summed E-state index contributed by atoms with van der Waals surface area (Å²) < 4.78 is 1.92. The van der Waals surface area contributed by atoms with Gasteiger partial charge in [0.05, 0.1) is 11.9 Å². The van der Waals surface area contributed by atoms with Gasteiger partial charge in [-0.05, 0) is 19.1 Å². The second kappa shape index (κ2) is 3.87. The van der Waals surface area contributed by atoms with Gasteiger partial charge in [0.15, 0.2) is 0 Å². The molecule has 5 nitrogen and oxygen atoms in total. The number of pyridine rings is 1. The maximum absolute atomic E-state index is 4.00. The third-order valence-corrected chi connectivity index (χ3v) is 1.87. The number of aromatic nitrogens is 4. The van der Waals surface area contributed by atoms with Crippen molar-refractivity contribution in [2.45, 2.75) is 13.5 Å². The van der Waals surface area contributed by atoms with Gasteiger partial charge in [0.1, 0.15) is 6.33 Å². The molecule has 2 aromatic rings. The van der Waals surface area contributed by atoms with Crippen molar-refractivity contribution in [1.82, 2.24) is 19.7 Å². The Morgan fingerprint density at radius 3 is 3.14 bits per heavy atom. The lowest BCUT2D eigenvalue weighted by atomic mass is 10.4. The zero-order chi connectivity index (χ0) is 9.80. The predicted octanol–water partition coefficient (Wildman–Crippen LogP) is 1.44. The summed E-state index contributed by atoms with van der Waals surface area (Å²) in [4.78, 5) is 4.00. The Balaban J connectivity index is 2.19. The van der Waals surface area contributed by atoms with Crippen LogP contribution in [-0.2, 0) is 6.54 Å². The zero-order valence-electron chi connectivity index (χ0n) is 7.88. The van der Waals surface area contributed by atoms with Crippen LogP contribution in [0.2, 0.25) is 0 Å². The van der Waals surface area contributed by atoms with Crippen molar-refractivity contribution >= 4 is 11.6 Å². The lowest BCUT2D eigenvalue weighted by Crippen LogP contribution is -2.01. The minimum Gasteiger partial charge on any atom is -0.323 e. The highest BCUT2D eigenvalue weighted by Crippen LogP contribution is 2.11. The van der Waals surface area contributed by atoms with Crippen LogP contribution in [0.4, 0.5) is 11.6 Å². The molecule has 0 aliphatic heterocycles. The fourth-order valence-corrected chi connectivity index (χ4v) is 1.15. The number of hydrogen-bond acceptors (Lipinski definition) is 4. The van der Waals surface area contributed by atoms with Crippen LogP contribution in [0, 0.1) is 0 Å². The molecule has 0 unspecified atom stereocenters. The largest absolute Gasteiger partial charge is 0.323 e. The van der Waals surface area contributed by atoms with E-state index in [1.807, 2.05) is 23.6 Å². The number of aryl methyl sites for hydroxylation is 1. The summed E-state index contributed by atoms with van der Waals surface area (Å²) >= 11 is 0. The molecule has 0 atom stereocenters. The van der Waals surface area contributed by atoms with Gasteiger partial charge in [-0.15, -0.1) is 10.2 Å². The van der Waals surface area contributed by atoms with Gasteiger partial charge >= 0.3 is 0 Å². The molecule has 2 rings (SSSR count). The quantitative estimate of drug-likeness (QED) is 0.793. The number of hydrogen-bond donors (Lipinski definition) is 1. The maximum Gasteiger partial charge on any atom is 0.228 e. The van der Waals surface area contributed by atoms with Crippen LogP contribution in [0.15, 0.2) is 30.9 Å². The molecule has 0 amide bonds. The fourth-order valence-electron chi connectivity index (χ4n) is 1.15. The molecular formula is C9H11N5. The standard InChI is InChI=1S/C9H11N5/c1-2-14-7-11-13-9(14)12-8-4-3-5-10-6-8/h3-7H,2H2,1H3,(H,12,13). The first-order valence-electron chi connectivity index (χ1n) is 4.45. The van der Waals surface area contributed by atoms with Gasteiger partial charge in [-0.3, -0.25) is 4.98 Å². The Hall–Kier alpha value is -1.91.